The lowest BCUT2D eigenvalue weighted by Gasteiger charge is -2.16. The van der Waals surface area contributed by atoms with Crippen molar-refractivity contribution >= 4 is 17.0 Å². The van der Waals surface area contributed by atoms with E-state index in [4.69, 9.17) is 9.47 Å². The van der Waals surface area contributed by atoms with Crippen molar-refractivity contribution < 1.29 is 24.8 Å². The van der Waals surface area contributed by atoms with Gasteiger partial charge >= 0.3 is 0 Å². The predicted molar refractivity (Wildman–Crippen MR) is 87.9 cm³/mol. The van der Waals surface area contributed by atoms with Crippen LogP contribution >= 0.6 is 0 Å². The summed E-state index contributed by atoms with van der Waals surface area (Å²) in [5.74, 6) is 0.576. The molecule has 1 fully saturated rings. The molecule has 0 spiro atoms. The number of aliphatic hydroxyl groups excluding tert-OH is 3. The fraction of sp³-hybridized carbons (Fsp3) is 0.667. The minimum Gasteiger partial charge on any atom is -0.394 e. The van der Waals surface area contributed by atoms with Crippen LogP contribution in [0.25, 0.3) is 11.2 Å². The summed E-state index contributed by atoms with van der Waals surface area (Å²) in [7, 11) is 0. The molecule has 0 aromatic carbocycles. The minimum atomic E-state index is -1.19. The van der Waals surface area contributed by atoms with Crippen molar-refractivity contribution in [1.29, 1.82) is 0 Å². The van der Waals surface area contributed by atoms with Gasteiger partial charge in [0.1, 0.15) is 24.6 Å². The van der Waals surface area contributed by atoms with Crippen LogP contribution in [0.3, 0.4) is 0 Å². The first-order valence-electron chi connectivity index (χ1n) is 8.29. The number of fused-ring (bicyclic) bond motifs is 1. The summed E-state index contributed by atoms with van der Waals surface area (Å²) in [5.41, 5.74) is 1.01. The Labute approximate surface area is 144 Å². The number of hydrogen-bond acceptors (Lipinski definition) is 9. The quantitative estimate of drug-likeness (QED) is 0.453. The molecule has 138 valence electrons. The average Bonchev–Trinajstić information content (AvgIpc) is 3.17. The van der Waals surface area contributed by atoms with Crippen molar-refractivity contribution in [3.63, 3.8) is 0 Å². The lowest BCUT2D eigenvalue weighted by Crippen LogP contribution is -2.33. The average molecular weight is 353 g/mol. The largest absolute Gasteiger partial charge is 0.394 e. The van der Waals surface area contributed by atoms with Gasteiger partial charge in [-0.05, 0) is 13.3 Å². The molecule has 0 aliphatic carbocycles. The van der Waals surface area contributed by atoms with Crippen molar-refractivity contribution in [3.8, 4) is 0 Å². The van der Waals surface area contributed by atoms with E-state index in [0.29, 0.717) is 36.7 Å². The van der Waals surface area contributed by atoms with E-state index in [2.05, 4.69) is 20.3 Å². The van der Waals surface area contributed by atoms with Crippen molar-refractivity contribution in [2.75, 3.05) is 31.7 Å². The Bertz CT molecular complexity index is 696. The van der Waals surface area contributed by atoms with E-state index < -0.39 is 24.5 Å². The molecule has 1 aliphatic rings. The first-order chi connectivity index (χ1) is 12.2. The van der Waals surface area contributed by atoms with E-state index in [1.807, 2.05) is 6.92 Å². The van der Waals surface area contributed by atoms with E-state index >= 15 is 0 Å². The highest BCUT2D eigenvalue weighted by molar-refractivity contribution is 5.82. The first kappa shape index (κ1) is 18.0. The summed E-state index contributed by atoms with van der Waals surface area (Å²) in [5, 5.41) is 32.5. The van der Waals surface area contributed by atoms with Gasteiger partial charge in [0.25, 0.3) is 0 Å². The molecule has 0 bridgehead atoms. The molecule has 3 heterocycles. The second-order valence-corrected chi connectivity index (χ2v) is 5.75. The van der Waals surface area contributed by atoms with Gasteiger partial charge in [-0.1, -0.05) is 0 Å². The van der Waals surface area contributed by atoms with Crippen LogP contribution in [0.2, 0.25) is 0 Å². The first-order valence-corrected chi connectivity index (χ1v) is 8.29. The molecule has 3 rings (SSSR count). The Hall–Kier alpha value is -1.85. The summed E-state index contributed by atoms with van der Waals surface area (Å²) in [6, 6.07) is 0. The standard InChI is InChI=1S/C15H23N5O5/c1-2-24-5-3-4-16-13-10-14(18-7-17-13)20(8-19-10)15-12(23)11(22)9(6-21)25-15/h7-9,11-12,15,21-23H,2-6H2,1H3,(H,16,17,18)/t9-,11-,12-,15-/m1/s1. The Balaban J connectivity index is 1.77. The molecular formula is C15H23N5O5. The highest BCUT2D eigenvalue weighted by atomic mass is 16.6. The monoisotopic (exact) mass is 353 g/mol. The van der Waals surface area contributed by atoms with Gasteiger partial charge in [0, 0.05) is 19.8 Å². The molecule has 10 heteroatoms. The molecule has 4 atom stereocenters. The normalized spacial score (nSPS) is 26.4. The molecule has 0 amide bonds. The van der Waals surface area contributed by atoms with Crippen LogP contribution in [0.5, 0.6) is 0 Å². The third-order valence-electron chi connectivity index (χ3n) is 4.11. The molecule has 10 nitrogen and oxygen atoms in total. The maximum absolute atomic E-state index is 10.2. The third-order valence-corrected chi connectivity index (χ3v) is 4.11. The van der Waals surface area contributed by atoms with Crippen LogP contribution in [0.4, 0.5) is 5.82 Å². The molecular weight excluding hydrogens is 330 g/mol. The summed E-state index contributed by atoms with van der Waals surface area (Å²) < 4.78 is 12.4. The number of ether oxygens (including phenoxy) is 2. The molecule has 0 unspecified atom stereocenters. The number of aromatic nitrogens is 4. The van der Waals surface area contributed by atoms with E-state index in [0.717, 1.165) is 6.42 Å². The number of nitrogens with zero attached hydrogens (tertiary/aromatic N) is 4. The van der Waals surface area contributed by atoms with Crippen LogP contribution in [-0.4, -0.2) is 79.5 Å². The number of anilines is 1. The SMILES string of the molecule is CCOCCCNc1ncnc2c1ncn2[C@@H]1O[C@H](CO)[C@@H](O)[C@H]1O. The van der Waals surface area contributed by atoms with Gasteiger partial charge in [0.15, 0.2) is 23.2 Å². The third kappa shape index (κ3) is 3.58. The zero-order valence-electron chi connectivity index (χ0n) is 13.9. The number of rotatable bonds is 8. The second kappa shape index (κ2) is 8.02. The Morgan fingerprint density at radius 2 is 2.12 bits per heavy atom. The number of imidazole rings is 1. The highest BCUT2D eigenvalue weighted by Crippen LogP contribution is 2.31. The van der Waals surface area contributed by atoms with Crippen molar-refractivity contribution in [3.05, 3.63) is 12.7 Å². The van der Waals surface area contributed by atoms with Crippen molar-refractivity contribution in [1.82, 2.24) is 19.5 Å². The molecule has 25 heavy (non-hydrogen) atoms. The van der Waals surface area contributed by atoms with Crippen LogP contribution < -0.4 is 5.32 Å². The Morgan fingerprint density at radius 1 is 1.28 bits per heavy atom. The summed E-state index contributed by atoms with van der Waals surface area (Å²) in [6.45, 7) is 3.59. The van der Waals surface area contributed by atoms with Crippen LogP contribution in [0.15, 0.2) is 12.7 Å². The van der Waals surface area contributed by atoms with Gasteiger partial charge in [-0.25, -0.2) is 15.0 Å². The van der Waals surface area contributed by atoms with Gasteiger partial charge in [-0.3, -0.25) is 4.57 Å². The molecule has 1 aliphatic heterocycles. The van der Waals surface area contributed by atoms with Gasteiger partial charge in [0.05, 0.1) is 12.9 Å². The smallest absolute Gasteiger partial charge is 0.167 e. The number of hydrogen-bond donors (Lipinski definition) is 4. The van der Waals surface area contributed by atoms with Gasteiger partial charge in [-0.15, -0.1) is 0 Å². The van der Waals surface area contributed by atoms with Crippen molar-refractivity contribution in [2.45, 2.75) is 37.9 Å². The van der Waals surface area contributed by atoms with Crippen LogP contribution in [0.1, 0.15) is 19.6 Å². The maximum Gasteiger partial charge on any atom is 0.167 e. The van der Waals surface area contributed by atoms with E-state index in [9.17, 15) is 15.3 Å². The highest BCUT2D eigenvalue weighted by Gasteiger charge is 2.44. The van der Waals surface area contributed by atoms with E-state index in [1.165, 1.54) is 17.2 Å². The molecule has 4 N–H and O–H groups in total. The van der Waals surface area contributed by atoms with E-state index in [-0.39, 0.29) is 6.61 Å². The summed E-state index contributed by atoms with van der Waals surface area (Å²) >= 11 is 0. The van der Waals surface area contributed by atoms with Gasteiger partial charge in [-0.2, -0.15) is 0 Å². The number of aliphatic hydroxyl groups is 3. The molecule has 1 saturated heterocycles. The van der Waals surface area contributed by atoms with Crippen LogP contribution in [-0.2, 0) is 9.47 Å². The predicted octanol–water partition coefficient (Wildman–Crippen LogP) is -0.724. The van der Waals surface area contributed by atoms with Crippen molar-refractivity contribution in [2.24, 2.45) is 0 Å². The molecule has 0 radical (unpaired) electrons. The number of nitrogens with one attached hydrogen (secondary N) is 1. The molecule has 0 saturated carbocycles. The topological polar surface area (TPSA) is 135 Å². The zero-order valence-corrected chi connectivity index (χ0v) is 13.9. The lowest BCUT2D eigenvalue weighted by atomic mass is 10.1. The molecule has 2 aromatic heterocycles. The second-order valence-electron chi connectivity index (χ2n) is 5.75. The minimum absolute atomic E-state index is 0.386. The summed E-state index contributed by atoms with van der Waals surface area (Å²) in [4.78, 5) is 12.7. The van der Waals surface area contributed by atoms with Crippen LogP contribution in [0, 0.1) is 0 Å². The fourth-order valence-corrected chi connectivity index (χ4v) is 2.80. The Kier molecular flexibility index (Phi) is 5.76. The Morgan fingerprint density at radius 3 is 2.84 bits per heavy atom. The zero-order chi connectivity index (χ0) is 17.8. The maximum atomic E-state index is 10.2. The van der Waals surface area contributed by atoms with Gasteiger partial charge in [0.2, 0.25) is 0 Å². The van der Waals surface area contributed by atoms with Gasteiger partial charge < -0.3 is 30.1 Å². The summed E-state index contributed by atoms with van der Waals surface area (Å²) in [6.07, 6.45) is -0.391. The van der Waals surface area contributed by atoms with E-state index in [1.54, 1.807) is 0 Å². The fourth-order valence-electron chi connectivity index (χ4n) is 2.80. The lowest BCUT2D eigenvalue weighted by molar-refractivity contribution is -0.0511. The molecule has 2 aromatic rings.